The number of rotatable bonds is 4. The first-order valence-electron chi connectivity index (χ1n) is 5.67. The second-order valence-corrected chi connectivity index (χ2v) is 6.23. The Bertz CT molecular complexity index is 378. The zero-order valence-corrected chi connectivity index (χ0v) is 11.5. The molecule has 0 spiro atoms. The number of halogens is 1. The van der Waals surface area contributed by atoms with E-state index in [4.69, 9.17) is 0 Å². The molecule has 1 saturated carbocycles. The number of hydrogen-bond acceptors (Lipinski definition) is 2. The first kappa shape index (κ1) is 12.2. The van der Waals surface area contributed by atoms with Crippen molar-refractivity contribution in [3.63, 3.8) is 0 Å². The number of thioether (sulfide) groups is 1. The Balaban J connectivity index is 1.77. The average molecular weight is 299 g/mol. The Morgan fingerprint density at radius 2 is 2.31 bits per heavy atom. The second-order valence-electron chi connectivity index (χ2n) is 4.15. The van der Waals surface area contributed by atoms with Crippen molar-refractivity contribution >= 4 is 33.5 Å². The number of ketones is 1. The summed E-state index contributed by atoms with van der Waals surface area (Å²) in [5.74, 6) is 1.88. The van der Waals surface area contributed by atoms with Crippen LogP contribution in [-0.4, -0.2) is 11.5 Å². The van der Waals surface area contributed by atoms with Crippen LogP contribution in [0.1, 0.15) is 25.7 Å². The average Bonchev–Trinajstić information content (AvgIpc) is 2.65. The first-order valence-corrected chi connectivity index (χ1v) is 7.44. The quantitative estimate of drug-likeness (QED) is 0.771. The van der Waals surface area contributed by atoms with Crippen molar-refractivity contribution in [1.82, 2.24) is 0 Å². The molecule has 1 aromatic carbocycles. The fourth-order valence-electron chi connectivity index (χ4n) is 2.07. The second kappa shape index (κ2) is 5.87. The molecule has 86 valence electrons. The SMILES string of the molecule is O=C1CCCC1CCSc1cccc(Br)c1. The summed E-state index contributed by atoms with van der Waals surface area (Å²) in [7, 11) is 0. The van der Waals surface area contributed by atoms with Gasteiger partial charge < -0.3 is 0 Å². The van der Waals surface area contributed by atoms with E-state index in [1.54, 1.807) is 0 Å². The fraction of sp³-hybridized carbons (Fsp3) is 0.462. The minimum Gasteiger partial charge on any atom is -0.299 e. The van der Waals surface area contributed by atoms with E-state index in [2.05, 4.69) is 28.1 Å². The van der Waals surface area contributed by atoms with Crippen molar-refractivity contribution < 1.29 is 4.79 Å². The van der Waals surface area contributed by atoms with E-state index >= 15 is 0 Å². The van der Waals surface area contributed by atoms with E-state index in [0.29, 0.717) is 11.7 Å². The van der Waals surface area contributed by atoms with Crippen molar-refractivity contribution in [3.05, 3.63) is 28.7 Å². The zero-order chi connectivity index (χ0) is 11.4. The molecule has 0 radical (unpaired) electrons. The summed E-state index contributed by atoms with van der Waals surface area (Å²) in [5, 5.41) is 0. The summed E-state index contributed by atoms with van der Waals surface area (Å²) in [6.07, 6.45) is 4.06. The topological polar surface area (TPSA) is 17.1 Å². The van der Waals surface area contributed by atoms with Gasteiger partial charge in [0.05, 0.1) is 0 Å². The molecule has 0 amide bonds. The van der Waals surface area contributed by atoms with E-state index in [1.165, 1.54) is 4.90 Å². The standard InChI is InChI=1S/C13H15BrOS/c14-11-4-2-5-12(9-11)16-8-7-10-3-1-6-13(10)15/h2,4-5,9-10H,1,3,6-8H2. The van der Waals surface area contributed by atoms with Crippen molar-refractivity contribution in [1.29, 1.82) is 0 Å². The molecule has 1 fully saturated rings. The molecule has 2 rings (SSSR count). The van der Waals surface area contributed by atoms with Gasteiger partial charge in [0.2, 0.25) is 0 Å². The zero-order valence-electron chi connectivity index (χ0n) is 9.12. The molecule has 1 nitrogen and oxygen atoms in total. The molecule has 0 bridgehead atoms. The monoisotopic (exact) mass is 298 g/mol. The Morgan fingerprint density at radius 3 is 3.00 bits per heavy atom. The van der Waals surface area contributed by atoms with Crippen molar-refractivity contribution in [3.8, 4) is 0 Å². The Morgan fingerprint density at radius 1 is 1.44 bits per heavy atom. The lowest BCUT2D eigenvalue weighted by molar-refractivity contribution is -0.120. The van der Waals surface area contributed by atoms with Gasteiger partial charge in [-0.25, -0.2) is 0 Å². The highest BCUT2D eigenvalue weighted by molar-refractivity contribution is 9.10. The van der Waals surface area contributed by atoms with Gasteiger partial charge in [0.15, 0.2) is 0 Å². The van der Waals surface area contributed by atoms with Crippen LogP contribution < -0.4 is 0 Å². The van der Waals surface area contributed by atoms with Crippen LogP contribution in [0.2, 0.25) is 0 Å². The minimum atomic E-state index is 0.347. The van der Waals surface area contributed by atoms with Crippen LogP contribution in [0, 0.1) is 5.92 Å². The largest absolute Gasteiger partial charge is 0.299 e. The van der Waals surface area contributed by atoms with Crippen LogP contribution in [-0.2, 0) is 4.79 Å². The van der Waals surface area contributed by atoms with Gasteiger partial charge in [0, 0.05) is 21.7 Å². The molecular weight excluding hydrogens is 284 g/mol. The fourth-order valence-corrected chi connectivity index (χ4v) is 3.64. The normalized spacial score (nSPS) is 20.3. The molecule has 1 aliphatic rings. The highest BCUT2D eigenvalue weighted by Gasteiger charge is 2.23. The predicted octanol–water partition coefficient (Wildman–Crippen LogP) is 4.30. The smallest absolute Gasteiger partial charge is 0.136 e. The van der Waals surface area contributed by atoms with Gasteiger partial charge in [-0.2, -0.15) is 0 Å². The molecule has 1 atom stereocenters. The van der Waals surface area contributed by atoms with Gasteiger partial charge in [-0.3, -0.25) is 4.79 Å². The molecule has 0 aromatic heterocycles. The summed E-state index contributed by atoms with van der Waals surface area (Å²) in [6.45, 7) is 0. The Hall–Kier alpha value is -0.280. The third-order valence-corrected chi connectivity index (χ3v) is 4.48. The lowest BCUT2D eigenvalue weighted by Gasteiger charge is -2.07. The van der Waals surface area contributed by atoms with Crippen LogP contribution >= 0.6 is 27.7 Å². The minimum absolute atomic E-state index is 0.347. The van der Waals surface area contributed by atoms with Gasteiger partial charge in [0.1, 0.15) is 5.78 Å². The van der Waals surface area contributed by atoms with E-state index < -0.39 is 0 Å². The molecule has 1 aliphatic carbocycles. The van der Waals surface area contributed by atoms with Crippen LogP contribution in [0.15, 0.2) is 33.6 Å². The lowest BCUT2D eigenvalue weighted by Crippen LogP contribution is -2.06. The van der Waals surface area contributed by atoms with Crippen molar-refractivity contribution in [2.75, 3.05) is 5.75 Å². The molecule has 1 aromatic rings. The van der Waals surface area contributed by atoms with Gasteiger partial charge in [0.25, 0.3) is 0 Å². The van der Waals surface area contributed by atoms with Crippen molar-refractivity contribution in [2.24, 2.45) is 5.92 Å². The number of Topliss-reactive ketones (excluding diaryl/α,β-unsaturated/α-hetero) is 1. The molecular formula is C13H15BrOS. The molecule has 0 aliphatic heterocycles. The number of carbonyl (C=O) groups is 1. The number of hydrogen-bond donors (Lipinski definition) is 0. The highest BCUT2D eigenvalue weighted by atomic mass is 79.9. The molecule has 3 heteroatoms. The molecule has 16 heavy (non-hydrogen) atoms. The lowest BCUT2D eigenvalue weighted by atomic mass is 10.1. The molecule has 0 heterocycles. The summed E-state index contributed by atoms with van der Waals surface area (Å²) in [4.78, 5) is 12.7. The van der Waals surface area contributed by atoms with Crippen molar-refractivity contribution in [2.45, 2.75) is 30.6 Å². The maximum Gasteiger partial charge on any atom is 0.136 e. The third-order valence-electron chi connectivity index (χ3n) is 2.96. The van der Waals surface area contributed by atoms with Crippen LogP contribution in [0.3, 0.4) is 0 Å². The predicted molar refractivity (Wildman–Crippen MR) is 71.8 cm³/mol. The number of benzene rings is 1. The van der Waals surface area contributed by atoms with Gasteiger partial charge in [-0.05, 0) is 43.2 Å². The van der Waals surface area contributed by atoms with Gasteiger partial charge in [-0.15, -0.1) is 11.8 Å². The summed E-state index contributed by atoms with van der Waals surface area (Å²) in [5.41, 5.74) is 0. The summed E-state index contributed by atoms with van der Waals surface area (Å²) in [6, 6.07) is 8.32. The van der Waals surface area contributed by atoms with Crippen LogP contribution in [0.25, 0.3) is 0 Å². The summed E-state index contributed by atoms with van der Waals surface area (Å²) >= 11 is 5.30. The Labute approximate surface area is 109 Å². The van der Waals surface area contributed by atoms with E-state index in [9.17, 15) is 4.79 Å². The molecule has 1 unspecified atom stereocenters. The first-order chi connectivity index (χ1) is 7.75. The highest BCUT2D eigenvalue weighted by Crippen LogP contribution is 2.28. The molecule has 0 saturated heterocycles. The maximum atomic E-state index is 11.5. The van der Waals surface area contributed by atoms with E-state index in [-0.39, 0.29) is 0 Å². The van der Waals surface area contributed by atoms with E-state index in [0.717, 1.165) is 35.9 Å². The van der Waals surface area contributed by atoms with Crippen LogP contribution in [0.4, 0.5) is 0 Å². The Kier molecular flexibility index (Phi) is 4.47. The van der Waals surface area contributed by atoms with Gasteiger partial charge >= 0.3 is 0 Å². The number of carbonyl (C=O) groups excluding carboxylic acids is 1. The maximum absolute atomic E-state index is 11.5. The van der Waals surface area contributed by atoms with Crippen LogP contribution in [0.5, 0.6) is 0 Å². The van der Waals surface area contributed by atoms with E-state index in [1.807, 2.05) is 23.9 Å². The summed E-state index contributed by atoms with van der Waals surface area (Å²) < 4.78 is 1.12. The molecule has 0 N–H and O–H groups in total. The van der Waals surface area contributed by atoms with Gasteiger partial charge in [-0.1, -0.05) is 22.0 Å². The third kappa shape index (κ3) is 3.36.